The summed E-state index contributed by atoms with van der Waals surface area (Å²) in [6.07, 6.45) is 0. The van der Waals surface area contributed by atoms with Gasteiger partial charge in [-0.05, 0) is 6.92 Å². The fourth-order valence-electron chi connectivity index (χ4n) is 0.151. The fourth-order valence-corrected chi connectivity index (χ4v) is 0.454. The quantitative estimate of drug-likeness (QED) is 0.246. The molecule has 0 spiro atoms. The van der Waals surface area contributed by atoms with Gasteiger partial charge in [-0.25, -0.2) is 0 Å². The average molecular weight is 144 g/mol. The second-order valence-corrected chi connectivity index (χ2v) is 1.99. The molecule has 4 heteroatoms. The molecule has 1 nitrogen and oxygen atoms in total. The maximum Gasteiger partial charge on any atom is 1.00 e. The first kappa shape index (κ1) is 11.1. The van der Waals surface area contributed by atoms with Gasteiger partial charge in [0.2, 0.25) is 0 Å². The summed E-state index contributed by atoms with van der Waals surface area (Å²) in [4.78, 5) is 0. The first-order valence-electron chi connectivity index (χ1n) is 1.74. The van der Waals surface area contributed by atoms with Gasteiger partial charge in [-0.1, -0.05) is 12.2 Å². The molecule has 0 radical (unpaired) electrons. The molecule has 0 aromatic carbocycles. The second-order valence-electron chi connectivity index (χ2n) is 0.835. The van der Waals surface area contributed by atoms with E-state index in [-0.39, 0.29) is 29.6 Å². The van der Waals surface area contributed by atoms with Crippen LogP contribution >= 0.6 is 24.8 Å². The van der Waals surface area contributed by atoms with Gasteiger partial charge in [0, 0.05) is 6.54 Å². The molecule has 0 saturated heterocycles. The van der Waals surface area contributed by atoms with Gasteiger partial charge in [0.1, 0.15) is 4.32 Å². The van der Waals surface area contributed by atoms with Crippen molar-refractivity contribution in [3.05, 3.63) is 0 Å². The summed E-state index contributed by atoms with van der Waals surface area (Å²) in [5.74, 6) is 0. The minimum atomic E-state index is 0. The summed E-state index contributed by atoms with van der Waals surface area (Å²) >= 11 is 8.35. The second kappa shape index (κ2) is 7.24. The molecule has 0 rings (SSSR count). The molecule has 0 aliphatic heterocycles. The molecule has 0 amide bonds. The molecule has 1 N–H and O–H groups in total. The third kappa shape index (κ3) is 11.1. The standard InChI is InChI=1S/C3H7NS2.Na/c1-2-4-3(5)6;/h2H2,1H3,(H2,4,5,6);/q;+1. The van der Waals surface area contributed by atoms with Crippen molar-refractivity contribution < 1.29 is 29.6 Å². The Hall–Kier alpha value is 1.24. The van der Waals surface area contributed by atoms with E-state index in [9.17, 15) is 0 Å². The number of hydrogen-bond donors (Lipinski definition) is 2. The zero-order valence-corrected chi connectivity index (χ0v) is 8.27. The molecule has 0 aliphatic rings. The molecular weight excluding hydrogens is 137 g/mol. The number of thiol groups is 1. The minimum absolute atomic E-state index is 0. The molecular formula is C3H7NNaS2+. The van der Waals surface area contributed by atoms with E-state index in [1.165, 1.54) is 0 Å². The number of rotatable bonds is 1. The van der Waals surface area contributed by atoms with Gasteiger partial charge >= 0.3 is 29.6 Å². The van der Waals surface area contributed by atoms with E-state index < -0.39 is 0 Å². The van der Waals surface area contributed by atoms with Gasteiger partial charge in [0.05, 0.1) is 0 Å². The third-order valence-corrected chi connectivity index (χ3v) is 0.630. The van der Waals surface area contributed by atoms with Crippen LogP contribution in [0.2, 0.25) is 0 Å². The van der Waals surface area contributed by atoms with E-state index in [0.29, 0.717) is 4.32 Å². The van der Waals surface area contributed by atoms with Gasteiger partial charge < -0.3 is 5.32 Å². The average Bonchev–Trinajstić information content (AvgIpc) is 1.35. The van der Waals surface area contributed by atoms with Crippen LogP contribution in [0.4, 0.5) is 0 Å². The molecule has 0 fully saturated rings. The van der Waals surface area contributed by atoms with Crippen LogP contribution in [0.1, 0.15) is 6.92 Å². The molecule has 0 unspecified atom stereocenters. The van der Waals surface area contributed by atoms with Crippen molar-refractivity contribution in [2.75, 3.05) is 6.54 Å². The van der Waals surface area contributed by atoms with Crippen LogP contribution in [0.5, 0.6) is 0 Å². The van der Waals surface area contributed by atoms with E-state index in [1.807, 2.05) is 6.92 Å². The number of nitrogens with one attached hydrogen (secondary N) is 1. The van der Waals surface area contributed by atoms with Crippen LogP contribution in [-0.4, -0.2) is 10.9 Å². The molecule has 0 atom stereocenters. The smallest absolute Gasteiger partial charge is 0.371 e. The van der Waals surface area contributed by atoms with Crippen LogP contribution in [0.3, 0.4) is 0 Å². The van der Waals surface area contributed by atoms with E-state index in [4.69, 9.17) is 0 Å². The fraction of sp³-hybridized carbons (Fsp3) is 0.667. The van der Waals surface area contributed by atoms with Crippen LogP contribution in [0, 0.1) is 0 Å². The Morgan fingerprint density at radius 2 is 2.29 bits per heavy atom. The van der Waals surface area contributed by atoms with Crippen molar-refractivity contribution in [2.45, 2.75) is 6.92 Å². The zero-order valence-electron chi connectivity index (χ0n) is 4.56. The summed E-state index contributed by atoms with van der Waals surface area (Å²) in [6.45, 7) is 2.84. The van der Waals surface area contributed by atoms with Crippen molar-refractivity contribution in [2.24, 2.45) is 0 Å². The van der Waals surface area contributed by atoms with Gasteiger partial charge in [0.15, 0.2) is 0 Å². The van der Waals surface area contributed by atoms with Crippen molar-refractivity contribution in [3.8, 4) is 0 Å². The molecule has 0 bridgehead atoms. The number of thiocarbonyl (C=S) groups is 1. The maximum absolute atomic E-state index is 4.55. The Kier molecular flexibility index (Phi) is 11.5. The number of hydrogen-bond acceptors (Lipinski definition) is 1. The molecule has 0 aliphatic carbocycles. The Labute approximate surface area is 76.9 Å². The molecule has 0 aromatic rings. The van der Waals surface area contributed by atoms with Crippen molar-refractivity contribution in [1.82, 2.24) is 5.32 Å². The van der Waals surface area contributed by atoms with Gasteiger partial charge in [-0.2, -0.15) is 0 Å². The summed E-state index contributed by atoms with van der Waals surface area (Å²) in [5.41, 5.74) is 0. The molecule has 0 saturated carbocycles. The van der Waals surface area contributed by atoms with Gasteiger partial charge in [-0.15, -0.1) is 12.6 Å². The van der Waals surface area contributed by atoms with Crippen LogP contribution in [0.15, 0.2) is 0 Å². The van der Waals surface area contributed by atoms with E-state index >= 15 is 0 Å². The largest absolute Gasteiger partial charge is 1.00 e. The van der Waals surface area contributed by atoms with Crippen LogP contribution in [-0.2, 0) is 0 Å². The Balaban J connectivity index is 0. The van der Waals surface area contributed by atoms with Gasteiger partial charge in [-0.3, -0.25) is 0 Å². The summed E-state index contributed by atoms with van der Waals surface area (Å²) in [7, 11) is 0. The summed E-state index contributed by atoms with van der Waals surface area (Å²) in [5, 5.41) is 2.80. The Morgan fingerprint density at radius 1 is 1.86 bits per heavy atom. The molecule has 0 aromatic heterocycles. The topological polar surface area (TPSA) is 12.0 Å². The van der Waals surface area contributed by atoms with Crippen LogP contribution in [0.25, 0.3) is 0 Å². The predicted molar refractivity (Wildman–Crippen MR) is 35.3 cm³/mol. The van der Waals surface area contributed by atoms with E-state index in [2.05, 4.69) is 30.2 Å². The third-order valence-electron chi connectivity index (χ3n) is 0.328. The summed E-state index contributed by atoms with van der Waals surface area (Å²) < 4.78 is 0.567. The van der Waals surface area contributed by atoms with Crippen LogP contribution < -0.4 is 34.9 Å². The Morgan fingerprint density at radius 3 is 2.29 bits per heavy atom. The van der Waals surface area contributed by atoms with E-state index in [1.54, 1.807) is 0 Å². The summed E-state index contributed by atoms with van der Waals surface area (Å²) in [6, 6.07) is 0. The SMILES string of the molecule is CCNC(=S)S.[Na+]. The maximum atomic E-state index is 4.55. The van der Waals surface area contributed by atoms with Crippen molar-refractivity contribution >= 4 is 29.2 Å². The normalized spacial score (nSPS) is 6.57. The Bertz CT molecular complexity index is 56.9. The molecule has 0 heterocycles. The van der Waals surface area contributed by atoms with Crippen molar-refractivity contribution in [1.29, 1.82) is 0 Å². The molecule has 7 heavy (non-hydrogen) atoms. The van der Waals surface area contributed by atoms with Crippen molar-refractivity contribution in [3.63, 3.8) is 0 Å². The van der Waals surface area contributed by atoms with Gasteiger partial charge in [0.25, 0.3) is 0 Å². The first-order valence-corrected chi connectivity index (χ1v) is 2.59. The predicted octanol–water partition coefficient (Wildman–Crippen LogP) is -2.19. The molecule has 36 valence electrons. The zero-order chi connectivity index (χ0) is 4.99. The minimum Gasteiger partial charge on any atom is -0.371 e. The monoisotopic (exact) mass is 144 g/mol. The van der Waals surface area contributed by atoms with E-state index in [0.717, 1.165) is 6.54 Å². The first-order chi connectivity index (χ1) is 2.77.